The summed E-state index contributed by atoms with van der Waals surface area (Å²) >= 11 is 1.63. The molecule has 2 N–H and O–H groups in total. The molecule has 1 aliphatic heterocycles. The van der Waals surface area contributed by atoms with E-state index in [2.05, 4.69) is 15.6 Å². The van der Waals surface area contributed by atoms with E-state index in [4.69, 9.17) is 4.74 Å². The lowest BCUT2D eigenvalue weighted by Gasteiger charge is -2.16. The van der Waals surface area contributed by atoms with Gasteiger partial charge in [0.25, 0.3) is 0 Å². The molecule has 2 rings (SSSR count). The van der Waals surface area contributed by atoms with E-state index in [9.17, 15) is 4.79 Å². The Bertz CT molecular complexity index is 427. The minimum absolute atomic E-state index is 0.0153. The van der Waals surface area contributed by atoms with Crippen LogP contribution in [0.5, 0.6) is 0 Å². The van der Waals surface area contributed by atoms with Crippen LogP contribution < -0.4 is 10.6 Å². The van der Waals surface area contributed by atoms with Gasteiger partial charge in [0.2, 0.25) is 0 Å². The average Bonchev–Trinajstić information content (AvgIpc) is 2.88. The minimum Gasteiger partial charge on any atom is -0.379 e. The van der Waals surface area contributed by atoms with E-state index in [0.717, 1.165) is 28.6 Å². The third-order valence-electron chi connectivity index (χ3n) is 2.95. The molecule has 0 spiro atoms. The van der Waals surface area contributed by atoms with Gasteiger partial charge in [-0.25, -0.2) is 9.78 Å². The third-order valence-corrected chi connectivity index (χ3v) is 4.20. The first kappa shape index (κ1) is 13.3. The molecule has 1 saturated heterocycles. The Hall–Kier alpha value is -1.14. The van der Waals surface area contributed by atoms with Crippen molar-refractivity contribution in [3.05, 3.63) is 15.6 Å². The first-order valence-corrected chi connectivity index (χ1v) is 6.96. The van der Waals surface area contributed by atoms with Crippen LogP contribution in [0, 0.1) is 13.8 Å². The van der Waals surface area contributed by atoms with Crippen molar-refractivity contribution in [2.45, 2.75) is 39.3 Å². The van der Waals surface area contributed by atoms with Crippen molar-refractivity contribution in [3.8, 4) is 0 Å². The van der Waals surface area contributed by atoms with Gasteiger partial charge < -0.3 is 15.4 Å². The van der Waals surface area contributed by atoms with Crippen molar-refractivity contribution in [1.82, 2.24) is 15.6 Å². The van der Waals surface area contributed by atoms with E-state index >= 15 is 0 Å². The molecule has 1 aromatic heterocycles. The molecule has 5 nitrogen and oxygen atoms in total. The molecule has 0 radical (unpaired) electrons. The largest absolute Gasteiger partial charge is 0.379 e. The lowest BCUT2D eigenvalue weighted by molar-refractivity contribution is 0.188. The number of hydrogen-bond donors (Lipinski definition) is 2. The molecule has 18 heavy (non-hydrogen) atoms. The van der Waals surface area contributed by atoms with Crippen LogP contribution in [0.1, 0.15) is 35.0 Å². The molecular formula is C12H19N3O2S. The molecule has 6 heteroatoms. The fourth-order valence-corrected chi connectivity index (χ4v) is 3.02. The average molecular weight is 269 g/mol. The number of urea groups is 1. The molecule has 1 aliphatic rings. The van der Waals surface area contributed by atoms with Crippen molar-refractivity contribution < 1.29 is 9.53 Å². The van der Waals surface area contributed by atoms with Gasteiger partial charge in [0.05, 0.1) is 29.4 Å². The number of aromatic nitrogens is 1. The zero-order valence-corrected chi connectivity index (χ0v) is 11.8. The number of ether oxygens (including phenoxy) is 1. The summed E-state index contributed by atoms with van der Waals surface area (Å²) < 4.78 is 5.22. The highest BCUT2D eigenvalue weighted by molar-refractivity contribution is 7.11. The molecule has 2 heterocycles. The number of hydrogen-bond acceptors (Lipinski definition) is 4. The maximum atomic E-state index is 11.8. The van der Waals surface area contributed by atoms with Gasteiger partial charge in [0, 0.05) is 11.5 Å². The van der Waals surface area contributed by atoms with E-state index in [-0.39, 0.29) is 18.1 Å². The smallest absolute Gasteiger partial charge is 0.315 e. The summed E-state index contributed by atoms with van der Waals surface area (Å²) in [5.74, 6) is 0. The second-order valence-electron chi connectivity index (χ2n) is 4.58. The molecule has 1 aromatic rings. The monoisotopic (exact) mass is 269 g/mol. The van der Waals surface area contributed by atoms with E-state index in [1.807, 2.05) is 20.8 Å². The van der Waals surface area contributed by atoms with Gasteiger partial charge in [-0.05, 0) is 27.2 Å². The molecule has 0 aliphatic carbocycles. The predicted molar refractivity (Wildman–Crippen MR) is 70.9 cm³/mol. The van der Waals surface area contributed by atoms with Crippen molar-refractivity contribution in [3.63, 3.8) is 0 Å². The maximum Gasteiger partial charge on any atom is 0.315 e. The lowest BCUT2D eigenvalue weighted by Crippen LogP contribution is -2.43. The number of nitrogens with zero attached hydrogens (tertiary/aromatic N) is 1. The topological polar surface area (TPSA) is 63.2 Å². The van der Waals surface area contributed by atoms with Gasteiger partial charge in [-0.15, -0.1) is 11.3 Å². The number of nitrogens with one attached hydrogen (secondary N) is 2. The SMILES string of the molecule is Cc1nc(C)c(C(C)NC(=O)NC2CCOC2)s1. The van der Waals surface area contributed by atoms with Gasteiger partial charge in [0.1, 0.15) is 0 Å². The summed E-state index contributed by atoms with van der Waals surface area (Å²) in [5, 5.41) is 6.89. The van der Waals surface area contributed by atoms with E-state index < -0.39 is 0 Å². The molecule has 0 aromatic carbocycles. The maximum absolute atomic E-state index is 11.8. The molecule has 2 amide bonds. The van der Waals surface area contributed by atoms with Crippen LogP contribution in [0.25, 0.3) is 0 Å². The standard InChI is InChI=1S/C12H19N3O2S/c1-7-11(18-9(3)13-7)8(2)14-12(16)15-10-4-5-17-6-10/h8,10H,4-6H2,1-3H3,(H2,14,15,16). The van der Waals surface area contributed by atoms with Gasteiger partial charge >= 0.3 is 6.03 Å². The molecule has 2 unspecified atom stereocenters. The first-order valence-electron chi connectivity index (χ1n) is 6.15. The minimum atomic E-state index is -0.136. The van der Waals surface area contributed by atoms with E-state index in [1.165, 1.54) is 0 Å². The van der Waals surface area contributed by atoms with Crippen molar-refractivity contribution in [2.24, 2.45) is 0 Å². The van der Waals surface area contributed by atoms with Crippen LogP contribution in [0.2, 0.25) is 0 Å². The summed E-state index contributed by atoms with van der Waals surface area (Å²) in [6.45, 7) is 7.27. The van der Waals surface area contributed by atoms with Crippen molar-refractivity contribution in [2.75, 3.05) is 13.2 Å². The van der Waals surface area contributed by atoms with Crippen LogP contribution in [0.3, 0.4) is 0 Å². The van der Waals surface area contributed by atoms with E-state index in [1.54, 1.807) is 11.3 Å². The Kier molecular flexibility index (Phi) is 4.19. The second kappa shape index (κ2) is 5.67. The Morgan fingerprint density at radius 1 is 1.56 bits per heavy atom. The quantitative estimate of drug-likeness (QED) is 0.881. The number of aryl methyl sites for hydroxylation is 2. The number of amides is 2. The summed E-state index contributed by atoms with van der Waals surface area (Å²) in [7, 11) is 0. The van der Waals surface area contributed by atoms with E-state index in [0.29, 0.717) is 6.61 Å². The summed E-state index contributed by atoms with van der Waals surface area (Å²) in [6, 6.07) is -0.0107. The Balaban J connectivity index is 1.88. The first-order chi connectivity index (χ1) is 8.56. The molecular weight excluding hydrogens is 250 g/mol. The van der Waals surface area contributed by atoms with Crippen LogP contribution >= 0.6 is 11.3 Å². The number of carbonyl (C=O) groups is 1. The van der Waals surface area contributed by atoms with Crippen LogP contribution in [-0.2, 0) is 4.74 Å². The highest BCUT2D eigenvalue weighted by Gasteiger charge is 2.20. The van der Waals surface area contributed by atoms with Gasteiger partial charge in [-0.1, -0.05) is 0 Å². The molecule has 0 bridgehead atoms. The predicted octanol–water partition coefficient (Wildman–Crippen LogP) is 1.91. The third kappa shape index (κ3) is 3.20. The van der Waals surface area contributed by atoms with Crippen molar-refractivity contribution >= 4 is 17.4 Å². The highest BCUT2D eigenvalue weighted by Crippen LogP contribution is 2.24. The highest BCUT2D eigenvalue weighted by atomic mass is 32.1. The zero-order chi connectivity index (χ0) is 13.1. The Labute approximate surface area is 111 Å². The molecule has 0 saturated carbocycles. The normalized spacial score (nSPS) is 20.7. The molecule has 1 fully saturated rings. The summed E-state index contributed by atoms with van der Waals surface area (Å²) in [5.41, 5.74) is 0.995. The van der Waals surface area contributed by atoms with Gasteiger partial charge in [0.15, 0.2) is 0 Å². The summed E-state index contributed by atoms with van der Waals surface area (Å²) in [4.78, 5) is 17.3. The number of thiazole rings is 1. The van der Waals surface area contributed by atoms with Crippen molar-refractivity contribution in [1.29, 1.82) is 0 Å². The fraction of sp³-hybridized carbons (Fsp3) is 0.667. The molecule has 2 atom stereocenters. The van der Waals surface area contributed by atoms with Crippen LogP contribution in [-0.4, -0.2) is 30.3 Å². The van der Waals surface area contributed by atoms with Crippen LogP contribution in [0.4, 0.5) is 4.79 Å². The van der Waals surface area contributed by atoms with Gasteiger partial charge in [-0.3, -0.25) is 0 Å². The Morgan fingerprint density at radius 2 is 2.33 bits per heavy atom. The Morgan fingerprint density at radius 3 is 2.89 bits per heavy atom. The molecule has 100 valence electrons. The van der Waals surface area contributed by atoms with Gasteiger partial charge in [-0.2, -0.15) is 0 Å². The summed E-state index contributed by atoms with van der Waals surface area (Å²) in [6.07, 6.45) is 0.889. The number of rotatable bonds is 3. The fourth-order valence-electron chi connectivity index (χ4n) is 2.09. The zero-order valence-electron chi connectivity index (χ0n) is 10.9. The second-order valence-corrected chi connectivity index (χ2v) is 5.82. The number of carbonyl (C=O) groups excluding carboxylic acids is 1. The van der Waals surface area contributed by atoms with Crippen LogP contribution in [0.15, 0.2) is 0 Å². The lowest BCUT2D eigenvalue weighted by atomic mass is 10.2.